The highest BCUT2D eigenvalue weighted by Gasteiger charge is 2.29. The molecular formula is C15H25N3. The van der Waals surface area contributed by atoms with E-state index in [0.29, 0.717) is 18.0 Å². The molecule has 2 rings (SSSR count). The van der Waals surface area contributed by atoms with Gasteiger partial charge in [0.25, 0.3) is 0 Å². The Morgan fingerprint density at radius 3 is 2.50 bits per heavy atom. The van der Waals surface area contributed by atoms with Crippen molar-refractivity contribution in [2.75, 3.05) is 19.6 Å². The van der Waals surface area contributed by atoms with E-state index in [0.717, 1.165) is 18.8 Å². The Bertz CT molecular complexity index is 373. The molecule has 1 aromatic heterocycles. The number of likely N-dealkylation sites (tertiary alicyclic amines) is 1. The largest absolute Gasteiger partial charge is 0.329 e. The van der Waals surface area contributed by atoms with E-state index in [2.05, 4.69) is 35.9 Å². The first-order valence-corrected chi connectivity index (χ1v) is 6.88. The number of nitrogens with two attached hydrogens (primary N) is 1. The molecule has 1 saturated heterocycles. The van der Waals surface area contributed by atoms with Crippen LogP contribution in [0.5, 0.6) is 0 Å². The zero-order chi connectivity index (χ0) is 13.2. The van der Waals surface area contributed by atoms with Crippen LogP contribution in [0.25, 0.3) is 0 Å². The van der Waals surface area contributed by atoms with Crippen molar-refractivity contribution in [1.82, 2.24) is 9.88 Å². The predicted octanol–water partition coefficient (Wildman–Crippen LogP) is 2.51. The Balaban J connectivity index is 2.08. The smallest absolute Gasteiger partial charge is 0.0485 e. The highest BCUT2D eigenvalue weighted by atomic mass is 15.2. The third-order valence-corrected chi connectivity index (χ3v) is 4.13. The zero-order valence-electron chi connectivity index (χ0n) is 11.8. The van der Waals surface area contributed by atoms with Crippen LogP contribution in [0.15, 0.2) is 18.3 Å². The van der Waals surface area contributed by atoms with Crippen molar-refractivity contribution < 1.29 is 0 Å². The number of aryl methyl sites for hydroxylation is 1. The molecule has 0 bridgehead atoms. The maximum atomic E-state index is 5.97. The molecule has 0 saturated carbocycles. The molecule has 3 heteroatoms. The summed E-state index contributed by atoms with van der Waals surface area (Å²) >= 11 is 0. The van der Waals surface area contributed by atoms with E-state index >= 15 is 0 Å². The third-order valence-electron chi connectivity index (χ3n) is 4.13. The summed E-state index contributed by atoms with van der Waals surface area (Å²) in [6, 6.07) is 4.57. The number of rotatable bonds is 3. The van der Waals surface area contributed by atoms with Crippen molar-refractivity contribution in [3.05, 3.63) is 29.6 Å². The second kappa shape index (κ2) is 5.37. The fraction of sp³-hybridized carbons (Fsp3) is 0.667. The van der Waals surface area contributed by atoms with Crippen LogP contribution in [0.3, 0.4) is 0 Å². The van der Waals surface area contributed by atoms with Crippen molar-refractivity contribution in [2.24, 2.45) is 11.1 Å². The molecule has 100 valence electrons. The van der Waals surface area contributed by atoms with Crippen molar-refractivity contribution in [3.63, 3.8) is 0 Å². The van der Waals surface area contributed by atoms with Crippen LogP contribution in [0, 0.1) is 12.3 Å². The van der Waals surface area contributed by atoms with Gasteiger partial charge in [-0.15, -0.1) is 0 Å². The monoisotopic (exact) mass is 247 g/mol. The van der Waals surface area contributed by atoms with Gasteiger partial charge in [0.05, 0.1) is 0 Å². The number of nitrogens with zero attached hydrogens (tertiary/aromatic N) is 2. The lowest BCUT2D eigenvalue weighted by Gasteiger charge is -2.40. The third kappa shape index (κ3) is 3.09. The van der Waals surface area contributed by atoms with Crippen LogP contribution in [0.1, 0.15) is 44.0 Å². The van der Waals surface area contributed by atoms with Crippen molar-refractivity contribution in [2.45, 2.75) is 39.7 Å². The molecule has 0 aromatic carbocycles. The maximum Gasteiger partial charge on any atom is 0.0485 e. The molecule has 1 aliphatic heterocycles. The Kier molecular flexibility index (Phi) is 4.03. The van der Waals surface area contributed by atoms with Gasteiger partial charge in [0.1, 0.15) is 0 Å². The summed E-state index contributed by atoms with van der Waals surface area (Å²) in [4.78, 5) is 6.90. The second-order valence-electron chi connectivity index (χ2n) is 6.18. The molecular weight excluding hydrogens is 222 g/mol. The molecule has 1 atom stereocenters. The molecule has 18 heavy (non-hydrogen) atoms. The highest BCUT2D eigenvalue weighted by Crippen LogP contribution is 2.33. The van der Waals surface area contributed by atoms with Crippen molar-refractivity contribution in [1.29, 1.82) is 0 Å². The SMILES string of the molecule is Cc1ccc(C(CN)N2CCC(C)(C)CC2)cn1. The molecule has 1 aromatic rings. The van der Waals surface area contributed by atoms with Crippen molar-refractivity contribution in [3.8, 4) is 0 Å². The van der Waals surface area contributed by atoms with Gasteiger partial charge in [0.15, 0.2) is 0 Å². The number of pyridine rings is 1. The minimum atomic E-state index is 0.328. The van der Waals surface area contributed by atoms with E-state index in [4.69, 9.17) is 5.73 Å². The summed E-state index contributed by atoms with van der Waals surface area (Å²) < 4.78 is 0. The zero-order valence-corrected chi connectivity index (χ0v) is 11.8. The topological polar surface area (TPSA) is 42.1 Å². The summed E-state index contributed by atoms with van der Waals surface area (Å²) in [7, 11) is 0. The number of piperidine rings is 1. The lowest BCUT2D eigenvalue weighted by molar-refractivity contribution is 0.0962. The molecule has 3 nitrogen and oxygen atoms in total. The first-order chi connectivity index (χ1) is 8.52. The summed E-state index contributed by atoms with van der Waals surface area (Å²) in [5, 5.41) is 0. The van der Waals surface area contributed by atoms with Crippen LogP contribution in [0.4, 0.5) is 0 Å². The minimum absolute atomic E-state index is 0.328. The van der Waals surface area contributed by atoms with Gasteiger partial charge in [-0.1, -0.05) is 19.9 Å². The Morgan fingerprint density at radius 2 is 2.00 bits per heavy atom. The summed E-state index contributed by atoms with van der Waals surface area (Å²) in [5.41, 5.74) is 8.78. The molecule has 2 heterocycles. The standard InChI is InChI=1S/C15H25N3/c1-12-4-5-13(11-17-12)14(10-16)18-8-6-15(2,3)7-9-18/h4-5,11,14H,6-10,16H2,1-3H3. The molecule has 0 aliphatic carbocycles. The molecule has 1 fully saturated rings. The minimum Gasteiger partial charge on any atom is -0.329 e. The normalized spacial score (nSPS) is 21.8. The second-order valence-corrected chi connectivity index (χ2v) is 6.18. The van der Waals surface area contributed by atoms with E-state index in [1.807, 2.05) is 13.1 Å². The average molecular weight is 247 g/mol. The van der Waals surface area contributed by atoms with E-state index in [-0.39, 0.29) is 0 Å². The van der Waals surface area contributed by atoms with E-state index in [9.17, 15) is 0 Å². The first-order valence-electron chi connectivity index (χ1n) is 6.88. The van der Waals surface area contributed by atoms with E-state index in [1.165, 1.54) is 18.4 Å². The summed E-state index contributed by atoms with van der Waals surface area (Å²) in [6.07, 6.45) is 4.48. The number of aromatic nitrogens is 1. The lowest BCUT2D eigenvalue weighted by Crippen LogP contribution is -2.42. The number of hydrogen-bond acceptors (Lipinski definition) is 3. The maximum absolute atomic E-state index is 5.97. The van der Waals surface area contributed by atoms with Gasteiger partial charge < -0.3 is 5.73 Å². The number of hydrogen-bond donors (Lipinski definition) is 1. The van der Waals surface area contributed by atoms with E-state index < -0.39 is 0 Å². The van der Waals surface area contributed by atoms with Gasteiger partial charge >= 0.3 is 0 Å². The van der Waals surface area contributed by atoms with Crippen molar-refractivity contribution >= 4 is 0 Å². The molecule has 2 N–H and O–H groups in total. The Hall–Kier alpha value is -0.930. The van der Waals surface area contributed by atoms with Crippen LogP contribution in [-0.2, 0) is 0 Å². The van der Waals surface area contributed by atoms with Crippen LogP contribution >= 0.6 is 0 Å². The fourth-order valence-electron chi connectivity index (χ4n) is 2.61. The van der Waals surface area contributed by atoms with Gasteiger partial charge in [-0.25, -0.2) is 0 Å². The van der Waals surface area contributed by atoms with Crippen LogP contribution in [0.2, 0.25) is 0 Å². The summed E-state index contributed by atoms with van der Waals surface area (Å²) in [6.45, 7) is 9.69. The molecule has 0 spiro atoms. The quantitative estimate of drug-likeness (QED) is 0.892. The van der Waals surface area contributed by atoms with Gasteiger partial charge in [0.2, 0.25) is 0 Å². The van der Waals surface area contributed by atoms with Crippen LogP contribution < -0.4 is 5.73 Å². The van der Waals surface area contributed by atoms with Gasteiger partial charge in [-0.3, -0.25) is 9.88 Å². The molecule has 1 unspecified atom stereocenters. The fourth-order valence-corrected chi connectivity index (χ4v) is 2.61. The summed E-state index contributed by atoms with van der Waals surface area (Å²) in [5.74, 6) is 0. The van der Waals surface area contributed by atoms with E-state index in [1.54, 1.807) is 0 Å². The molecule has 1 aliphatic rings. The predicted molar refractivity (Wildman–Crippen MR) is 75.4 cm³/mol. The first kappa shape index (κ1) is 13.5. The Morgan fingerprint density at radius 1 is 1.33 bits per heavy atom. The molecule has 0 amide bonds. The van der Waals surface area contributed by atoms with Gasteiger partial charge in [-0.05, 0) is 49.9 Å². The average Bonchev–Trinajstić information content (AvgIpc) is 2.34. The lowest BCUT2D eigenvalue weighted by atomic mass is 9.82. The van der Waals surface area contributed by atoms with Gasteiger partial charge in [-0.2, -0.15) is 0 Å². The Labute approximate surface area is 110 Å². The highest BCUT2D eigenvalue weighted by molar-refractivity contribution is 5.18. The van der Waals surface area contributed by atoms with Gasteiger partial charge in [0, 0.05) is 24.5 Å². The van der Waals surface area contributed by atoms with Crippen LogP contribution in [-0.4, -0.2) is 29.5 Å². The molecule has 0 radical (unpaired) electrons.